The Morgan fingerprint density at radius 1 is 1.23 bits per heavy atom. The second-order valence-electron chi connectivity index (χ2n) is 6.32. The molecule has 0 aliphatic rings. The molecule has 30 heavy (non-hydrogen) atoms. The van der Waals surface area contributed by atoms with Crippen LogP contribution in [0.25, 0.3) is 5.65 Å². The molecule has 4 aromatic rings. The first-order valence-electron chi connectivity index (χ1n) is 9.18. The predicted molar refractivity (Wildman–Crippen MR) is 114 cm³/mol. The molecule has 0 bridgehead atoms. The van der Waals surface area contributed by atoms with Gasteiger partial charge in [0.2, 0.25) is 0 Å². The van der Waals surface area contributed by atoms with E-state index >= 15 is 0 Å². The van der Waals surface area contributed by atoms with Crippen LogP contribution in [-0.2, 0) is 4.74 Å². The van der Waals surface area contributed by atoms with E-state index in [1.54, 1.807) is 36.5 Å². The van der Waals surface area contributed by atoms with Crippen molar-refractivity contribution in [2.75, 3.05) is 6.61 Å². The lowest BCUT2D eigenvalue weighted by Gasteiger charge is -2.18. The fourth-order valence-corrected chi connectivity index (χ4v) is 3.98. The van der Waals surface area contributed by atoms with Gasteiger partial charge < -0.3 is 10.1 Å². The Bertz CT molecular complexity index is 1190. The number of rotatable bonds is 6. The minimum Gasteiger partial charge on any atom is -0.462 e. The van der Waals surface area contributed by atoms with Crippen molar-refractivity contribution in [2.45, 2.75) is 13.0 Å². The van der Waals surface area contributed by atoms with Crippen molar-refractivity contribution >= 4 is 40.5 Å². The van der Waals surface area contributed by atoms with E-state index in [0.717, 1.165) is 10.4 Å². The number of ether oxygens (including phenoxy) is 1. The third-order valence-corrected chi connectivity index (χ3v) is 5.62. The monoisotopic (exact) mass is 440 g/mol. The lowest BCUT2D eigenvalue weighted by Crippen LogP contribution is -2.30. The van der Waals surface area contributed by atoms with Gasteiger partial charge in [0.25, 0.3) is 5.91 Å². The van der Waals surface area contributed by atoms with Crippen LogP contribution in [0.2, 0.25) is 5.02 Å². The van der Waals surface area contributed by atoms with Crippen molar-refractivity contribution in [1.82, 2.24) is 19.9 Å². The Kier molecular flexibility index (Phi) is 5.78. The summed E-state index contributed by atoms with van der Waals surface area (Å²) in [5.41, 5.74) is 1.62. The molecule has 1 amide bonds. The van der Waals surface area contributed by atoms with Crippen LogP contribution >= 0.6 is 22.9 Å². The third kappa shape index (κ3) is 3.92. The van der Waals surface area contributed by atoms with E-state index in [-0.39, 0.29) is 35.5 Å². The van der Waals surface area contributed by atoms with Gasteiger partial charge in [-0.1, -0.05) is 29.8 Å². The van der Waals surface area contributed by atoms with Crippen LogP contribution in [0.1, 0.15) is 44.3 Å². The molecule has 0 radical (unpaired) electrons. The van der Waals surface area contributed by atoms with Gasteiger partial charge in [0, 0.05) is 16.1 Å². The number of halogens is 1. The summed E-state index contributed by atoms with van der Waals surface area (Å²) in [6.45, 7) is 1.96. The summed E-state index contributed by atoms with van der Waals surface area (Å²) in [5.74, 6) is -0.885. The fraction of sp³-hybridized carbons (Fsp3) is 0.143. The Hall–Kier alpha value is -3.23. The van der Waals surface area contributed by atoms with Gasteiger partial charge in [-0.2, -0.15) is 5.10 Å². The van der Waals surface area contributed by atoms with Crippen LogP contribution < -0.4 is 5.32 Å². The fourth-order valence-electron chi connectivity index (χ4n) is 3.05. The van der Waals surface area contributed by atoms with Crippen molar-refractivity contribution in [1.29, 1.82) is 0 Å². The summed E-state index contributed by atoms with van der Waals surface area (Å²) >= 11 is 7.56. The zero-order valence-corrected chi connectivity index (χ0v) is 17.5. The summed E-state index contributed by atoms with van der Waals surface area (Å²) in [4.78, 5) is 30.5. The van der Waals surface area contributed by atoms with Gasteiger partial charge in [0.05, 0.1) is 18.8 Å². The van der Waals surface area contributed by atoms with Crippen molar-refractivity contribution in [3.05, 3.63) is 87.0 Å². The van der Waals surface area contributed by atoms with E-state index in [2.05, 4.69) is 15.4 Å². The van der Waals surface area contributed by atoms with Gasteiger partial charge in [-0.3, -0.25) is 4.79 Å². The first kappa shape index (κ1) is 20.1. The Morgan fingerprint density at radius 2 is 2.03 bits per heavy atom. The molecule has 3 heterocycles. The minimum atomic E-state index is -0.532. The molecule has 0 saturated carbocycles. The number of aromatic nitrogens is 3. The number of hydrogen-bond donors (Lipinski definition) is 1. The number of nitrogens with zero attached hydrogens (tertiary/aromatic N) is 3. The number of benzene rings is 1. The lowest BCUT2D eigenvalue weighted by atomic mass is 10.1. The maximum atomic E-state index is 13.2. The maximum absolute atomic E-state index is 13.2. The molecule has 0 aliphatic heterocycles. The van der Waals surface area contributed by atoms with E-state index in [4.69, 9.17) is 16.3 Å². The maximum Gasteiger partial charge on any atom is 0.343 e. The highest BCUT2D eigenvalue weighted by Gasteiger charge is 2.23. The van der Waals surface area contributed by atoms with Gasteiger partial charge in [-0.05, 0) is 42.1 Å². The van der Waals surface area contributed by atoms with Crippen LogP contribution in [0.15, 0.2) is 60.2 Å². The summed E-state index contributed by atoms with van der Waals surface area (Å²) in [6.07, 6.45) is 2.82. The smallest absolute Gasteiger partial charge is 0.343 e. The zero-order chi connectivity index (χ0) is 21.1. The molecular weight excluding hydrogens is 424 g/mol. The summed E-state index contributed by atoms with van der Waals surface area (Å²) in [6, 6.07) is 12.4. The topological polar surface area (TPSA) is 85.6 Å². The van der Waals surface area contributed by atoms with Gasteiger partial charge in [0.15, 0.2) is 5.65 Å². The zero-order valence-electron chi connectivity index (χ0n) is 15.9. The second-order valence-corrected chi connectivity index (χ2v) is 7.73. The van der Waals surface area contributed by atoms with Crippen LogP contribution in [0, 0.1) is 0 Å². The SMILES string of the molecule is CCOC(=O)c1cnn2c(C(=O)N[C@H](c3ccc(Cl)cc3)c3cccs3)ccnc12. The predicted octanol–water partition coefficient (Wildman–Crippen LogP) is 4.14. The number of amides is 1. The summed E-state index contributed by atoms with van der Waals surface area (Å²) < 4.78 is 6.38. The van der Waals surface area contributed by atoms with Gasteiger partial charge in [-0.15, -0.1) is 11.3 Å². The van der Waals surface area contributed by atoms with Crippen molar-refractivity contribution in [2.24, 2.45) is 0 Å². The first-order valence-corrected chi connectivity index (χ1v) is 10.4. The first-order chi connectivity index (χ1) is 14.6. The Labute approximate surface area is 181 Å². The van der Waals surface area contributed by atoms with Crippen LogP contribution in [0.5, 0.6) is 0 Å². The molecule has 3 aromatic heterocycles. The molecule has 1 aromatic carbocycles. The number of carbonyl (C=O) groups excluding carboxylic acids is 2. The second kappa shape index (κ2) is 8.64. The number of hydrogen-bond acceptors (Lipinski definition) is 6. The van der Waals surface area contributed by atoms with Crippen molar-refractivity contribution < 1.29 is 14.3 Å². The van der Waals surface area contributed by atoms with Gasteiger partial charge in [0.1, 0.15) is 11.3 Å². The molecule has 9 heteroatoms. The minimum absolute atomic E-state index is 0.207. The van der Waals surface area contributed by atoms with Crippen LogP contribution in [0.4, 0.5) is 0 Å². The standard InChI is InChI=1S/C21H17ClN4O3S/c1-2-29-21(28)15-12-24-26-16(9-10-23-19(15)26)20(27)25-18(17-4-3-11-30-17)13-5-7-14(22)8-6-13/h3-12,18H,2H2,1H3,(H,25,27)/t18-/m1/s1. The molecule has 0 fully saturated rings. The molecule has 1 atom stereocenters. The van der Waals surface area contributed by atoms with E-state index < -0.39 is 5.97 Å². The number of fused-ring (bicyclic) bond motifs is 1. The van der Waals surface area contributed by atoms with Crippen molar-refractivity contribution in [3.63, 3.8) is 0 Å². The van der Waals surface area contributed by atoms with E-state index in [0.29, 0.717) is 5.02 Å². The van der Waals surface area contributed by atoms with Gasteiger partial charge >= 0.3 is 5.97 Å². The van der Waals surface area contributed by atoms with Gasteiger partial charge in [-0.25, -0.2) is 14.3 Å². The average Bonchev–Trinajstić information content (AvgIpc) is 3.42. The Morgan fingerprint density at radius 3 is 2.73 bits per heavy atom. The largest absolute Gasteiger partial charge is 0.462 e. The molecule has 1 N–H and O–H groups in total. The van der Waals surface area contributed by atoms with Crippen LogP contribution in [0.3, 0.4) is 0 Å². The van der Waals surface area contributed by atoms with E-state index in [9.17, 15) is 9.59 Å². The number of carbonyl (C=O) groups is 2. The van der Waals surface area contributed by atoms with Crippen LogP contribution in [-0.4, -0.2) is 33.1 Å². The third-order valence-electron chi connectivity index (χ3n) is 4.44. The molecule has 152 valence electrons. The number of thiophene rings is 1. The average molecular weight is 441 g/mol. The van der Waals surface area contributed by atoms with E-state index in [1.165, 1.54) is 16.9 Å². The quantitative estimate of drug-likeness (QED) is 0.455. The molecule has 4 rings (SSSR count). The number of esters is 1. The summed E-state index contributed by atoms with van der Waals surface area (Å²) in [5, 5.41) is 9.80. The van der Waals surface area contributed by atoms with Crippen molar-refractivity contribution in [3.8, 4) is 0 Å². The molecule has 0 aliphatic carbocycles. The summed E-state index contributed by atoms with van der Waals surface area (Å²) in [7, 11) is 0. The highest BCUT2D eigenvalue weighted by atomic mass is 35.5. The number of nitrogens with one attached hydrogen (secondary N) is 1. The Balaban J connectivity index is 1.69. The lowest BCUT2D eigenvalue weighted by molar-refractivity contribution is 0.0528. The molecule has 0 unspecified atom stereocenters. The molecule has 0 saturated heterocycles. The molecule has 7 nitrogen and oxygen atoms in total. The van der Waals surface area contributed by atoms with E-state index in [1.807, 2.05) is 29.6 Å². The normalized spacial score (nSPS) is 11.9. The highest BCUT2D eigenvalue weighted by molar-refractivity contribution is 7.10. The molecular formula is C21H17ClN4O3S. The highest BCUT2D eigenvalue weighted by Crippen LogP contribution is 2.27. The molecule has 0 spiro atoms.